The molecule has 0 saturated heterocycles. The largest absolute Gasteiger partial charge is 0.390 e. The summed E-state index contributed by atoms with van der Waals surface area (Å²) in [7, 11) is 0. The van der Waals surface area contributed by atoms with E-state index < -0.39 is 0 Å². The van der Waals surface area contributed by atoms with E-state index in [2.05, 4.69) is 10.3 Å². The molecule has 0 bridgehead atoms. The van der Waals surface area contributed by atoms with Crippen molar-refractivity contribution in [3.05, 3.63) is 11.9 Å². The normalized spacial score (nSPS) is 10.5. The van der Waals surface area contributed by atoms with Crippen LogP contribution >= 0.6 is 0 Å². The van der Waals surface area contributed by atoms with Crippen molar-refractivity contribution in [2.75, 3.05) is 13.2 Å². The van der Waals surface area contributed by atoms with E-state index in [1.807, 2.05) is 0 Å². The Balaban J connectivity index is 2.17. The number of hydrogen-bond acceptors (Lipinski definition) is 5. The first-order valence-corrected chi connectivity index (χ1v) is 4.79. The van der Waals surface area contributed by atoms with Crippen LogP contribution in [-0.2, 0) is 22.7 Å². The number of ether oxygens (including phenoxy) is 1. The van der Waals surface area contributed by atoms with Crippen molar-refractivity contribution < 1.29 is 14.6 Å². The number of Topliss-reactive ketones (excluding diaryl/α,β-unsaturated/α-hetero) is 1. The summed E-state index contributed by atoms with van der Waals surface area (Å²) in [6, 6.07) is 0. The first-order chi connectivity index (χ1) is 7.24. The van der Waals surface area contributed by atoms with Gasteiger partial charge in [0.15, 0.2) is 0 Å². The molecule has 0 aliphatic heterocycles. The van der Waals surface area contributed by atoms with Gasteiger partial charge in [-0.25, -0.2) is 4.68 Å². The predicted octanol–water partition coefficient (Wildman–Crippen LogP) is -0.234. The first kappa shape index (κ1) is 11.8. The molecule has 0 unspecified atom stereocenters. The maximum Gasteiger partial charge on any atom is 0.132 e. The maximum atomic E-state index is 10.6. The van der Waals surface area contributed by atoms with E-state index in [4.69, 9.17) is 9.84 Å². The van der Waals surface area contributed by atoms with Gasteiger partial charge in [0.05, 0.1) is 38.3 Å². The van der Waals surface area contributed by atoms with Crippen LogP contribution in [0.5, 0.6) is 0 Å². The molecule has 0 aliphatic carbocycles. The van der Waals surface area contributed by atoms with Crippen molar-refractivity contribution in [3.8, 4) is 0 Å². The quantitative estimate of drug-likeness (QED) is 0.633. The lowest BCUT2D eigenvalue weighted by Crippen LogP contribution is -2.12. The standard InChI is InChI=1S/C9H15N3O3/c1-8(14)2-4-15-5-3-12-9(7-13)6-10-11-12/h6,13H,2-5,7H2,1H3. The molecular formula is C9H15N3O3. The smallest absolute Gasteiger partial charge is 0.132 e. The highest BCUT2D eigenvalue weighted by molar-refractivity contribution is 5.75. The van der Waals surface area contributed by atoms with Gasteiger partial charge in [-0.15, -0.1) is 5.10 Å². The van der Waals surface area contributed by atoms with Crippen LogP contribution in [0.15, 0.2) is 6.20 Å². The van der Waals surface area contributed by atoms with Gasteiger partial charge in [0.25, 0.3) is 0 Å². The second-order valence-electron chi connectivity index (χ2n) is 3.17. The van der Waals surface area contributed by atoms with E-state index in [0.29, 0.717) is 31.9 Å². The van der Waals surface area contributed by atoms with Crippen LogP contribution in [0.1, 0.15) is 19.0 Å². The number of aromatic nitrogens is 3. The SMILES string of the molecule is CC(=O)CCOCCn1nncc1CO. The molecule has 15 heavy (non-hydrogen) atoms. The third-order valence-electron chi connectivity index (χ3n) is 1.91. The molecular weight excluding hydrogens is 198 g/mol. The Labute approximate surface area is 87.9 Å². The van der Waals surface area contributed by atoms with Gasteiger partial charge in [0, 0.05) is 6.42 Å². The average molecular weight is 213 g/mol. The molecule has 0 aromatic carbocycles. The molecule has 0 fully saturated rings. The topological polar surface area (TPSA) is 77.2 Å². The monoisotopic (exact) mass is 213 g/mol. The molecule has 0 spiro atoms. The Kier molecular flexibility index (Phi) is 4.92. The Morgan fingerprint density at radius 1 is 1.60 bits per heavy atom. The van der Waals surface area contributed by atoms with Gasteiger partial charge in [-0.2, -0.15) is 0 Å². The van der Waals surface area contributed by atoms with E-state index in [0.717, 1.165) is 0 Å². The van der Waals surface area contributed by atoms with Gasteiger partial charge >= 0.3 is 0 Å². The zero-order valence-corrected chi connectivity index (χ0v) is 8.72. The molecule has 1 heterocycles. The average Bonchev–Trinajstić information content (AvgIpc) is 2.64. The van der Waals surface area contributed by atoms with Crippen molar-refractivity contribution in [2.45, 2.75) is 26.5 Å². The molecule has 0 aliphatic rings. The minimum atomic E-state index is -0.0829. The second kappa shape index (κ2) is 6.26. The first-order valence-electron chi connectivity index (χ1n) is 4.79. The summed E-state index contributed by atoms with van der Waals surface area (Å²) in [5.74, 6) is 0.117. The third kappa shape index (κ3) is 4.18. The number of ketones is 1. The number of aliphatic hydroxyl groups excluding tert-OH is 1. The highest BCUT2D eigenvalue weighted by Crippen LogP contribution is 1.95. The molecule has 6 nitrogen and oxygen atoms in total. The number of carbonyl (C=O) groups is 1. The summed E-state index contributed by atoms with van der Waals surface area (Å²) < 4.78 is 6.80. The lowest BCUT2D eigenvalue weighted by Gasteiger charge is -2.04. The van der Waals surface area contributed by atoms with Gasteiger partial charge in [-0.05, 0) is 6.92 Å². The fraction of sp³-hybridized carbons (Fsp3) is 0.667. The fourth-order valence-electron chi connectivity index (χ4n) is 1.06. The highest BCUT2D eigenvalue weighted by atomic mass is 16.5. The van der Waals surface area contributed by atoms with Crippen LogP contribution in [-0.4, -0.2) is 39.1 Å². The van der Waals surface area contributed by atoms with Gasteiger partial charge < -0.3 is 9.84 Å². The number of aliphatic hydroxyl groups is 1. The van der Waals surface area contributed by atoms with E-state index in [1.165, 1.54) is 13.1 Å². The Morgan fingerprint density at radius 3 is 3.07 bits per heavy atom. The number of nitrogens with zero attached hydrogens (tertiary/aromatic N) is 3. The molecule has 0 radical (unpaired) electrons. The molecule has 0 amide bonds. The second-order valence-corrected chi connectivity index (χ2v) is 3.17. The van der Waals surface area contributed by atoms with E-state index >= 15 is 0 Å². The van der Waals surface area contributed by atoms with Crippen LogP contribution in [0.2, 0.25) is 0 Å². The lowest BCUT2D eigenvalue weighted by atomic mass is 10.3. The summed E-state index contributed by atoms with van der Waals surface area (Å²) in [4.78, 5) is 10.6. The van der Waals surface area contributed by atoms with Gasteiger partial charge in [0.2, 0.25) is 0 Å². The molecule has 84 valence electrons. The van der Waals surface area contributed by atoms with Crippen molar-refractivity contribution in [3.63, 3.8) is 0 Å². The van der Waals surface area contributed by atoms with E-state index in [9.17, 15) is 4.79 Å². The van der Waals surface area contributed by atoms with E-state index in [-0.39, 0.29) is 12.4 Å². The minimum Gasteiger partial charge on any atom is -0.390 e. The van der Waals surface area contributed by atoms with E-state index in [1.54, 1.807) is 4.68 Å². The zero-order valence-electron chi connectivity index (χ0n) is 8.72. The molecule has 1 rings (SSSR count). The van der Waals surface area contributed by atoms with Crippen LogP contribution in [0, 0.1) is 0 Å². The fourth-order valence-corrected chi connectivity index (χ4v) is 1.06. The molecule has 0 atom stereocenters. The number of carbonyl (C=O) groups excluding carboxylic acids is 1. The van der Waals surface area contributed by atoms with Crippen molar-refractivity contribution in [2.24, 2.45) is 0 Å². The molecule has 6 heteroatoms. The van der Waals surface area contributed by atoms with Gasteiger partial charge in [-0.1, -0.05) is 5.21 Å². The van der Waals surface area contributed by atoms with Crippen LogP contribution < -0.4 is 0 Å². The lowest BCUT2D eigenvalue weighted by molar-refractivity contribution is -0.118. The molecule has 0 saturated carbocycles. The Bertz CT molecular complexity index is 311. The number of hydrogen-bond donors (Lipinski definition) is 1. The summed E-state index contributed by atoms with van der Waals surface area (Å²) in [5.41, 5.74) is 0.658. The highest BCUT2D eigenvalue weighted by Gasteiger charge is 2.01. The van der Waals surface area contributed by atoms with Crippen LogP contribution in [0.25, 0.3) is 0 Å². The predicted molar refractivity (Wildman–Crippen MR) is 52.1 cm³/mol. The maximum absolute atomic E-state index is 10.6. The minimum absolute atomic E-state index is 0.0829. The number of rotatable bonds is 7. The van der Waals surface area contributed by atoms with Gasteiger partial charge in [-0.3, -0.25) is 4.79 Å². The van der Waals surface area contributed by atoms with Crippen molar-refractivity contribution >= 4 is 5.78 Å². The van der Waals surface area contributed by atoms with Crippen molar-refractivity contribution in [1.82, 2.24) is 15.0 Å². The van der Waals surface area contributed by atoms with Gasteiger partial charge in [0.1, 0.15) is 5.78 Å². The zero-order chi connectivity index (χ0) is 11.1. The van der Waals surface area contributed by atoms with Crippen LogP contribution in [0.4, 0.5) is 0 Å². The summed E-state index contributed by atoms with van der Waals surface area (Å²) >= 11 is 0. The van der Waals surface area contributed by atoms with Crippen LogP contribution in [0.3, 0.4) is 0 Å². The Morgan fingerprint density at radius 2 is 2.40 bits per heavy atom. The molecule has 1 N–H and O–H groups in total. The summed E-state index contributed by atoms with van der Waals surface area (Å²) in [6.07, 6.45) is 1.94. The summed E-state index contributed by atoms with van der Waals surface area (Å²) in [6.45, 7) is 2.88. The Hall–Kier alpha value is -1.27. The van der Waals surface area contributed by atoms with Crippen molar-refractivity contribution in [1.29, 1.82) is 0 Å². The molecule has 1 aromatic rings. The summed E-state index contributed by atoms with van der Waals surface area (Å²) in [5, 5.41) is 16.3. The third-order valence-corrected chi connectivity index (χ3v) is 1.91. The molecule has 1 aromatic heterocycles.